The molecule has 6 nitrogen and oxygen atoms in total. The third kappa shape index (κ3) is 4.82. The van der Waals surface area contributed by atoms with Crippen LogP contribution in [-0.2, 0) is 21.4 Å². The molecule has 1 fully saturated rings. The lowest BCUT2D eigenvalue weighted by molar-refractivity contribution is 0.0730. The van der Waals surface area contributed by atoms with Gasteiger partial charge in [0.05, 0.1) is 29.2 Å². The lowest BCUT2D eigenvalue weighted by atomic mass is 10.2. The van der Waals surface area contributed by atoms with Crippen molar-refractivity contribution in [3.05, 3.63) is 52.5 Å². The molecule has 0 aromatic heterocycles. The van der Waals surface area contributed by atoms with Crippen LogP contribution in [0.4, 0.5) is 0 Å². The maximum atomic E-state index is 12.8. The number of nitrogens with zero attached hydrogens (tertiary/aromatic N) is 1. The highest BCUT2D eigenvalue weighted by Gasteiger charge is 2.26. The summed E-state index contributed by atoms with van der Waals surface area (Å²) in [6.45, 7) is 4.25. The van der Waals surface area contributed by atoms with Crippen molar-refractivity contribution in [1.82, 2.24) is 4.31 Å². The molecule has 0 spiro atoms. The van der Waals surface area contributed by atoms with Gasteiger partial charge in [0.2, 0.25) is 10.0 Å². The molecule has 1 aliphatic rings. The highest BCUT2D eigenvalue weighted by molar-refractivity contribution is 9.10. The minimum Gasteiger partial charge on any atom is -0.490 e. The maximum Gasteiger partial charge on any atom is 0.243 e. The zero-order chi connectivity index (χ0) is 19.3. The topological polar surface area (TPSA) is 65.1 Å². The summed E-state index contributed by atoms with van der Waals surface area (Å²) in [5.74, 6) is 1.24. The summed E-state index contributed by atoms with van der Waals surface area (Å²) in [5.41, 5.74) is 0.766. The molecule has 0 aliphatic carbocycles. The molecule has 8 heteroatoms. The molecular formula is C19H22BrNO5S. The van der Waals surface area contributed by atoms with Crippen molar-refractivity contribution < 1.29 is 22.6 Å². The van der Waals surface area contributed by atoms with E-state index in [-0.39, 0.29) is 11.5 Å². The third-order valence-corrected chi connectivity index (χ3v) is 6.64. The lowest BCUT2D eigenvalue weighted by Crippen LogP contribution is -2.40. The molecule has 2 aromatic rings. The summed E-state index contributed by atoms with van der Waals surface area (Å²) < 4.78 is 44.6. The number of morpholine rings is 1. The van der Waals surface area contributed by atoms with Crippen molar-refractivity contribution in [2.24, 2.45) is 0 Å². The Morgan fingerprint density at radius 3 is 2.59 bits per heavy atom. The summed E-state index contributed by atoms with van der Waals surface area (Å²) >= 11 is 3.47. The Morgan fingerprint density at radius 1 is 1.11 bits per heavy atom. The summed E-state index contributed by atoms with van der Waals surface area (Å²) in [7, 11) is -3.53. The molecule has 0 N–H and O–H groups in total. The van der Waals surface area contributed by atoms with Gasteiger partial charge in [-0.05, 0) is 52.7 Å². The number of para-hydroxylation sites is 1. The molecule has 0 saturated carbocycles. The van der Waals surface area contributed by atoms with Gasteiger partial charge in [-0.2, -0.15) is 4.31 Å². The van der Waals surface area contributed by atoms with E-state index < -0.39 is 10.0 Å². The largest absolute Gasteiger partial charge is 0.490 e. The standard InChI is InChI=1S/C19H22BrNO5S/c1-2-25-18-8-4-7-17(20)19(18)26-14-15-5-3-6-16(13-15)27(22,23)21-9-11-24-12-10-21/h3-8,13H,2,9-12,14H2,1H3. The zero-order valence-electron chi connectivity index (χ0n) is 15.1. The van der Waals surface area contributed by atoms with Crippen LogP contribution in [-0.4, -0.2) is 45.6 Å². The van der Waals surface area contributed by atoms with Crippen LogP contribution >= 0.6 is 15.9 Å². The smallest absolute Gasteiger partial charge is 0.243 e. The molecule has 27 heavy (non-hydrogen) atoms. The number of hydrogen-bond acceptors (Lipinski definition) is 5. The summed E-state index contributed by atoms with van der Waals surface area (Å²) in [6.07, 6.45) is 0. The Labute approximate surface area is 168 Å². The third-order valence-electron chi connectivity index (χ3n) is 4.12. The molecule has 1 heterocycles. The number of hydrogen-bond donors (Lipinski definition) is 0. The van der Waals surface area contributed by atoms with Gasteiger partial charge < -0.3 is 14.2 Å². The normalized spacial score (nSPS) is 15.5. The molecule has 3 rings (SSSR count). The molecule has 1 aliphatic heterocycles. The van der Waals surface area contributed by atoms with E-state index in [2.05, 4.69) is 15.9 Å². The van der Waals surface area contributed by atoms with Crippen LogP contribution < -0.4 is 9.47 Å². The molecule has 0 radical (unpaired) electrons. The van der Waals surface area contributed by atoms with Gasteiger partial charge in [0.15, 0.2) is 11.5 Å². The molecule has 0 unspecified atom stereocenters. The van der Waals surface area contributed by atoms with Gasteiger partial charge in [-0.3, -0.25) is 0 Å². The molecular weight excluding hydrogens is 434 g/mol. The van der Waals surface area contributed by atoms with Gasteiger partial charge in [0, 0.05) is 13.1 Å². The van der Waals surface area contributed by atoms with E-state index in [4.69, 9.17) is 14.2 Å². The minimum atomic E-state index is -3.53. The number of halogens is 1. The highest BCUT2D eigenvalue weighted by atomic mass is 79.9. The monoisotopic (exact) mass is 455 g/mol. The summed E-state index contributed by atoms with van der Waals surface area (Å²) in [4.78, 5) is 0.266. The fourth-order valence-electron chi connectivity index (χ4n) is 2.79. The fourth-order valence-corrected chi connectivity index (χ4v) is 4.73. The van der Waals surface area contributed by atoms with Gasteiger partial charge in [0.25, 0.3) is 0 Å². The second-order valence-corrected chi connectivity index (χ2v) is 8.74. The van der Waals surface area contributed by atoms with Crippen molar-refractivity contribution in [2.75, 3.05) is 32.9 Å². The Bertz CT molecular complexity index is 881. The van der Waals surface area contributed by atoms with E-state index in [9.17, 15) is 8.42 Å². The van der Waals surface area contributed by atoms with Crippen LogP contribution in [0.3, 0.4) is 0 Å². The van der Waals surface area contributed by atoms with Crippen LogP contribution in [0.1, 0.15) is 12.5 Å². The Kier molecular flexibility index (Phi) is 6.75. The van der Waals surface area contributed by atoms with Crippen LogP contribution in [0.5, 0.6) is 11.5 Å². The first-order valence-corrected chi connectivity index (χ1v) is 11.0. The quantitative estimate of drug-likeness (QED) is 0.639. The van der Waals surface area contributed by atoms with Crippen molar-refractivity contribution >= 4 is 26.0 Å². The van der Waals surface area contributed by atoms with Gasteiger partial charge in [-0.1, -0.05) is 18.2 Å². The van der Waals surface area contributed by atoms with Crippen molar-refractivity contribution in [2.45, 2.75) is 18.4 Å². The van der Waals surface area contributed by atoms with Crippen LogP contribution in [0.15, 0.2) is 51.8 Å². The minimum absolute atomic E-state index is 0.231. The van der Waals surface area contributed by atoms with E-state index in [0.29, 0.717) is 44.4 Å². The first kappa shape index (κ1) is 20.1. The number of sulfonamides is 1. The van der Waals surface area contributed by atoms with Gasteiger partial charge in [-0.15, -0.1) is 0 Å². The van der Waals surface area contributed by atoms with E-state index in [1.54, 1.807) is 18.2 Å². The second kappa shape index (κ2) is 9.05. The van der Waals surface area contributed by atoms with Gasteiger partial charge in [0.1, 0.15) is 6.61 Å². The average molecular weight is 456 g/mol. The molecule has 0 atom stereocenters. The van der Waals surface area contributed by atoms with E-state index in [1.165, 1.54) is 4.31 Å². The van der Waals surface area contributed by atoms with E-state index in [1.807, 2.05) is 31.2 Å². The Hall–Kier alpha value is -1.61. The molecule has 146 valence electrons. The zero-order valence-corrected chi connectivity index (χ0v) is 17.5. The number of benzene rings is 2. The van der Waals surface area contributed by atoms with E-state index >= 15 is 0 Å². The first-order chi connectivity index (χ1) is 13.0. The van der Waals surface area contributed by atoms with Crippen molar-refractivity contribution in [3.63, 3.8) is 0 Å². The molecule has 0 amide bonds. The van der Waals surface area contributed by atoms with Crippen LogP contribution in [0.25, 0.3) is 0 Å². The average Bonchev–Trinajstić information content (AvgIpc) is 2.69. The highest BCUT2D eigenvalue weighted by Crippen LogP contribution is 2.35. The SMILES string of the molecule is CCOc1cccc(Br)c1OCc1cccc(S(=O)(=O)N2CCOCC2)c1. The molecule has 0 bridgehead atoms. The Balaban J connectivity index is 1.77. The summed E-state index contributed by atoms with van der Waals surface area (Å²) in [6, 6.07) is 12.4. The fraction of sp³-hybridized carbons (Fsp3) is 0.368. The number of ether oxygens (including phenoxy) is 3. The molecule has 1 saturated heterocycles. The number of rotatable bonds is 7. The second-order valence-electron chi connectivity index (χ2n) is 5.95. The predicted molar refractivity (Wildman–Crippen MR) is 106 cm³/mol. The Morgan fingerprint density at radius 2 is 1.85 bits per heavy atom. The maximum absolute atomic E-state index is 12.8. The van der Waals surface area contributed by atoms with Gasteiger partial charge in [-0.25, -0.2) is 8.42 Å². The van der Waals surface area contributed by atoms with Crippen LogP contribution in [0, 0.1) is 0 Å². The van der Waals surface area contributed by atoms with Crippen molar-refractivity contribution in [1.29, 1.82) is 0 Å². The summed E-state index contributed by atoms with van der Waals surface area (Å²) in [5, 5.41) is 0. The molecule has 2 aromatic carbocycles. The lowest BCUT2D eigenvalue weighted by Gasteiger charge is -2.26. The van der Waals surface area contributed by atoms with Gasteiger partial charge >= 0.3 is 0 Å². The predicted octanol–water partition coefficient (Wildman–Crippen LogP) is 3.45. The van der Waals surface area contributed by atoms with Crippen LogP contribution in [0.2, 0.25) is 0 Å². The first-order valence-electron chi connectivity index (χ1n) is 8.73. The van der Waals surface area contributed by atoms with Crippen molar-refractivity contribution in [3.8, 4) is 11.5 Å². The van der Waals surface area contributed by atoms with E-state index in [0.717, 1.165) is 10.0 Å².